The van der Waals surface area contributed by atoms with Gasteiger partial charge in [0.05, 0.1) is 17.1 Å². The molecule has 3 rings (SSSR count). The Morgan fingerprint density at radius 1 is 1.21 bits per heavy atom. The summed E-state index contributed by atoms with van der Waals surface area (Å²) in [7, 11) is 0.750. The monoisotopic (exact) mass is 424 g/mol. The summed E-state index contributed by atoms with van der Waals surface area (Å²) in [5, 5.41) is 0. The van der Waals surface area contributed by atoms with Crippen LogP contribution in [-0.2, 0) is 14.8 Å². The fraction of sp³-hybridized carbons (Fsp3) is 0.727. The Morgan fingerprint density at radius 3 is 2.52 bits per heavy atom. The highest BCUT2D eigenvalue weighted by molar-refractivity contribution is 7.89. The SMILES string of the molecule is CCCOc1ccc(S(=O)(=O)N2CCC3(CC2)CC(CCN(C)C)CCO3)cc1. The molecule has 164 valence electrons. The first-order valence-electron chi connectivity index (χ1n) is 10.9. The van der Waals surface area contributed by atoms with Gasteiger partial charge in [-0.3, -0.25) is 0 Å². The topological polar surface area (TPSA) is 59.1 Å². The van der Waals surface area contributed by atoms with Crippen molar-refractivity contribution in [1.29, 1.82) is 0 Å². The van der Waals surface area contributed by atoms with Gasteiger partial charge in [0.1, 0.15) is 5.75 Å². The van der Waals surface area contributed by atoms with Crippen LogP contribution in [0.25, 0.3) is 0 Å². The van der Waals surface area contributed by atoms with Gasteiger partial charge in [-0.25, -0.2) is 8.42 Å². The summed E-state index contributed by atoms with van der Waals surface area (Å²) in [4.78, 5) is 2.57. The third-order valence-corrected chi connectivity index (χ3v) is 8.06. The molecule has 0 radical (unpaired) electrons. The summed E-state index contributed by atoms with van der Waals surface area (Å²) in [6.07, 6.45) is 5.84. The van der Waals surface area contributed by atoms with Crippen molar-refractivity contribution in [2.75, 3.05) is 46.9 Å². The molecule has 6 nitrogen and oxygen atoms in total. The molecule has 1 aromatic carbocycles. The lowest BCUT2D eigenvalue weighted by atomic mass is 9.78. The maximum Gasteiger partial charge on any atom is 0.243 e. The quantitative estimate of drug-likeness (QED) is 0.640. The zero-order valence-corrected chi connectivity index (χ0v) is 18.9. The number of benzene rings is 1. The maximum absolute atomic E-state index is 13.1. The molecule has 1 unspecified atom stereocenters. The molecule has 7 heteroatoms. The van der Waals surface area contributed by atoms with E-state index >= 15 is 0 Å². The van der Waals surface area contributed by atoms with Crippen LogP contribution < -0.4 is 4.74 Å². The molecule has 0 aliphatic carbocycles. The average Bonchev–Trinajstić information content (AvgIpc) is 2.71. The van der Waals surface area contributed by atoms with Crippen LogP contribution in [0.4, 0.5) is 0 Å². The number of piperidine rings is 1. The van der Waals surface area contributed by atoms with Crippen LogP contribution >= 0.6 is 0 Å². The molecule has 2 aliphatic rings. The number of sulfonamides is 1. The van der Waals surface area contributed by atoms with Crippen LogP contribution in [0, 0.1) is 5.92 Å². The second-order valence-corrected chi connectivity index (χ2v) is 10.6. The Kier molecular flexibility index (Phi) is 7.59. The van der Waals surface area contributed by atoms with Crippen LogP contribution in [0.1, 0.15) is 45.4 Å². The molecule has 2 fully saturated rings. The van der Waals surface area contributed by atoms with Gasteiger partial charge in [0.2, 0.25) is 10.0 Å². The normalized spacial score (nSPS) is 22.8. The minimum atomic E-state index is -3.47. The van der Waals surface area contributed by atoms with E-state index in [0.29, 0.717) is 36.3 Å². The van der Waals surface area contributed by atoms with Gasteiger partial charge in [0.15, 0.2) is 0 Å². The second kappa shape index (κ2) is 9.77. The summed E-state index contributed by atoms with van der Waals surface area (Å²) in [5.74, 6) is 1.38. The first-order valence-corrected chi connectivity index (χ1v) is 12.3. The molecule has 29 heavy (non-hydrogen) atoms. The molecule has 2 aliphatic heterocycles. The van der Waals surface area contributed by atoms with Crippen LogP contribution in [0.2, 0.25) is 0 Å². The average molecular weight is 425 g/mol. The van der Waals surface area contributed by atoms with E-state index in [1.807, 2.05) is 6.92 Å². The lowest BCUT2D eigenvalue weighted by molar-refractivity contribution is -0.121. The number of ether oxygens (including phenoxy) is 2. The highest BCUT2D eigenvalue weighted by Gasteiger charge is 2.42. The van der Waals surface area contributed by atoms with Crippen molar-refractivity contribution in [2.45, 2.75) is 55.9 Å². The van der Waals surface area contributed by atoms with E-state index in [1.54, 1.807) is 28.6 Å². The summed E-state index contributed by atoms with van der Waals surface area (Å²) in [6, 6.07) is 6.79. The van der Waals surface area contributed by atoms with Crippen molar-refractivity contribution < 1.29 is 17.9 Å². The number of hydrogen-bond donors (Lipinski definition) is 0. The molecule has 0 amide bonds. The van der Waals surface area contributed by atoms with Gasteiger partial charge in [-0.2, -0.15) is 4.31 Å². The number of hydrogen-bond acceptors (Lipinski definition) is 5. The summed E-state index contributed by atoms with van der Waals surface area (Å²) in [6.45, 7) is 5.62. The van der Waals surface area contributed by atoms with Gasteiger partial charge in [0.25, 0.3) is 0 Å². The summed E-state index contributed by atoms with van der Waals surface area (Å²) >= 11 is 0. The molecule has 2 heterocycles. The highest BCUT2D eigenvalue weighted by atomic mass is 32.2. The predicted octanol–water partition coefficient (Wildman–Crippen LogP) is 3.38. The Labute approximate surface area is 176 Å². The zero-order valence-electron chi connectivity index (χ0n) is 18.1. The first kappa shape index (κ1) is 22.5. The minimum absolute atomic E-state index is 0.140. The third-order valence-electron chi connectivity index (χ3n) is 6.15. The molecule has 1 atom stereocenters. The van der Waals surface area contributed by atoms with Gasteiger partial charge >= 0.3 is 0 Å². The van der Waals surface area contributed by atoms with E-state index in [0.717, 1.165) is 45.3 Å². The molecule has 0 N–H and O–H groups in total. The Hall–Kier alpha value is -1.15. The molecule has 0 saturated carbocycles. The maximum atomic E-state index is 13.1. The molecule has 1 aromatic rings. The molecular weight excluding hydrogens is 388 g/mol. The minimum Gasteiger partial charge on any atom is -0.494 e. The lowest BCUT2D eigenvalue weighted by Gasteiger charge is -2.46. The van der Waals surface area contributed by atoms with Gasteiger partial charge in [0, 0.05) is 19.7 Å². The Morgan fingerprint density at radius 2 is 1.90 bits per heavy atom. The van der Waals surface area contributed by atoms with Crippen LogP contribution in [0.3, 0.4) is 0 Å². The number of rotatable bonds is 8. The first-order chi connectivity index (χ1) is 13.8. The Bertz CT molecular complexity index is 741. The van der Waals surface area contributed by atoms with E-state index in [4.69, 9.17) is 9.47 Å². The molecule has 0 bridgehead atoms. The fourth-order valence-electron chi connectivity index (χ4n) is 4.38. The van der Waals surface area contributed by atoms with Crippen LogP contribution in [0.5, 0.6) is 5.75 Å². The van der Waals surface area contributed by atoms with Crippen LogP contribution in [0.15, 0.2) is 29.2 Å². The van der Waals surface area contributed by atoms with Gasteiger partial charge in [-0.1, -0.05) is 6.92 Å². The highest BCUT2D eigenvalue weighted by Crippen LogP contribution is 2.39. The molecule has 2 saturated heterocycles. The van der Waals surface area contributed by atoms with E-state index in [9.17, 15) is 8.42 Å². The molecule has 1 spiro atoms. The van der Waals surface area contributed by atoms with Crippen molar-refractivity contribution in [3.63, 3.8) is 0 Å². The fourth-order valence-corrected chi connectivity index (χ4v) is 5.82. The van der Waals surface area contributed by atoms with E-state index < -0.39 is 10.0 Å². The zero-order chi connectivity index (χ0) is 20.9. The second-order valence-electron chi connectivity index (χ2n) is 8.71. The standard InChI is InChI=1S/C22H36N2O4S/c1-4-16-27-20-5-7-21(8-6-20)29(25,26)24-14-11-22(12-15-24)18-19(10-17-28-22)9-13-23(2)3/h5-8,19H,4,9-18H2,1-3H3. The molecular formula is C22H36N2O4S. The van der Waals surface area contributed by atoms with Gasteiger partial charge in [-0.15, -0.1) is 0 Å². The lowest BCUT2D eigenvalue weighted by Crippen LogP contribution is -2.50. The number of nitrogens with zero attached hydrogens (tertiary/aromatic N) is 2. The predicted molar refractivity (Wildman–Crippen MR) is 115 cm³/mol. The van der Waals surface area contributed by atoms with Crippen molar-refractivity contribution in [3.8, 4) is 5.75 Å². The van der Waals surface area contributed by atoms with Crippen molar-refractivity contribution in [2.24, 2.45) is 5.92 Å². The van der Waals surface area contributed by atoms with Crippen molar-refractivity contribution >= 4 is 10.0 Å². The van der Waals surface area contributed by atoms with E-state index in [-0.39, 0.29) is 5.60 Å². The summed E-state index contributed by atoms with van der Waals surface area (Å²) < 4.78 is 39.5. The third kappa shape index (κ3) is 5.72. The van der Waals surface area contributed by atoms with Crippen LogP contribution in [-0.4, -0.2) is 70.2 Å². The van der Waals surface area contributed by atoms with E-state index in [2.05, 4.69) is 19.0 Å². The molecule has 0 aromatic heterocycles. The smallest absolute Gasteiger partial charge is 0.243 e. The summed E-state index contributed by atoms with van der Waals surface area (Å²) in [5.41, 5.74) is -0.140. The van der Waals surface area contributed by atoms with Crippen molar-refractivity contribution in [3.05, 3.63) is 24.3 Å². The van der Waals surface area contributed by atoms with Gasteiger partial charge in [-0.05, 0) is 89.3 Å². The van der Waals surface area contributed by atoms with Crippen molar-refractivity contribution in [1.82, 2.24) is 9.21 Å². The largest absolute Gasteiger partial charge is 0.494 e. The van der Waals surface area contributed by atoms with E-state index in [1.165, 1.54) is 6.42 Å². The Balaban J connectivity index is 1.59. The van der Waals surface area contributed by atoms with Gasteiger partial charge < -0.3 is 14.4 Å².